The van der Waals surface area contributed by atoms with E-state index in [0.29, 0.717) is 60.5 Å². The largest absolute Gasteiger partial charge is 0.497 e. The first-order chi connectivity index (χ1) is 13.6. The van der Waals surface area contributed by atoms with Gasteiger partial charge < -0.3 is 30.2 Å². The average molecular weight is 420 g/mol. The zero-order chi connectivity index (χ0) is 19.7. The standard InChI is InChI=1S/C20H21N3O5.ClH/c1-26-13-3-4-15(21)16(11-13)22-19(24)14-6-7-23(20(14)25)12-2-5-17-18(10-12)28-9-8-27-17;/h2-5,10-11,14H,6-9,21H2,1H3,(H,22,24);1H. The lowest BCUT2D eigenvalue weighted by Gasteiger charge is -2.22. The van der Waals surface area contributed by atoms with E-state index in [-0.39, 0.29) is 24.2 Å². The molecule has 0 aliphatic carbocycles. The van der Waals surface area contributed by atoms with E-state index in [9.17, 15) is 9.59 Å². The van der Waals surface area contributed by atoms with Crippen LogP contribution in [0.4, 0.5) is 17.1 Å². The Labute approximate surface area is 174 Å². The number of rotatable bonds is 4. The number of methoxy groups -OCH3 is 1. The van der Waals surface area contributed by atoms with Crippen molar-refractivity contribution >= 4 is 41.3 Å². The van der Waals surface area contributed by atoms with Crippen LogP contribution < -0.4 is 30.2 Å². The third-order valence-corrected chi connectivity index (χ3v) is 4.88. The second kappa shape index (κ2) is 8.48. The Balaban J connectivity index is 0.00000240. The highest BCUT2D eigenvalue weighted by Gasteiger charge is 2.38. The number of hydrogen-bond donors (Lipinski definition) is 2. The maximum absolute atomic E-state index is 12.9. The Kier molecular flexibility index (Phi) is 6.03. The Morgan fingerprint density at radius 3 is 2.69 bits per heavy atom. The fraction of sp³-hybridized carbons (Fsp3) is 0.300. The van der Waals surface area contributed by atoms with Crippen LogP contribution in [-0.2, 0) is 9.59 Å². The number of benzene rings is 2. The number of ether oxygens (including phenoxy) is 3. The van der Waals surface area contributed by atoms with Gasteiger partial charge in [0.1, 0.15) is 24.9 Å². The maximum Gasteiger partial charge on any atom is 0.239 e. The van der Waals surface area contributed by atoms with E-state index >= 15 is 0 Å². The van der Waals surface area contributed by atoms with Gasteiger partial charge in [-0.05, 0) is 30.7 Å². The van der Waals surface area contributed by atoms with Crippen LogP contribution in [0.2, 0.25) is 0 Å². The maximum atomic E-state index is 12.9. The molecule has 0 bridgehead atoms. The summed E-state index contributed by atoms with van der Waals surface area (Å²) in [4.78, 5) is 27.1. The van der Waals surface area contributed by atoms with E-state index in [2.05, 4.69) is 5.32 Å². The number of anilines is 3. The highest BCUT2D eigenvalue weighted by molar-refractivity contribution is 6.14. The quantitative estimate of drug-likeness (QED) is 0.583. The molecule has 2 aliphatic heterocycles. The van der Waals surface area contributed by atoms with E-state index in [4.69, 9.17) is 19.9 Å². The summed E-state index contributed by atoms with van der Waals surface area (Å²) < 4.78 is 16.2. The summed E-state index contributed by atoms with van der Waals surface area (Å²) in [5, 5.41) is 2.74. The van der Waals surface area contributed by atoms with Gasteiger partial charge in [0.25, 0.3) is 0 Å². The molecule has 4 rings (SSSR count). The lowest BCUT2D eigenvalue weighted by atomic mass is 10.1. The zero-order valence-corrected chi connectivity index (χ0v) is 16.7. The zero-order valence-electron chi connectivity index (χ0n) is 15.8. The fourth-order valence-corrected chi connectivity index (χ4v) is 3.37. The van der Waals surface area contributed by atoms with E-state index in [1.165, 1.54) is 7.11 Å². The Bertz CT molecular complexity index is 936. The summed E-state index contributed by atoms with van der Waals surface area (Å²) >= 11 is 0. The third-order valence-electron chi connectivity index (χ3n) is 4.88. The van der Waals surface area contributed by atoms with Gasteiger partial charge in [0, 0.05) is 24.4 Å². The summed E-state index contributed by atoms with van der Waals surface area (Å²) in [6, 6.07) is 10.3. The monoisotopic (exact) mass is 419 g/mol. The molecule has 2 amide bonds. The van der Waals surface area contributed by atoms with Gasteiger partial charge in [-0.1, -0.05) is 0 Å². The molecule has 0 saturated carbocycles. The lowest BCUT2D eigenvalue weighted by molar-refractivity contribution is -0.129. The Morgan fingerprint density at radius 2 is 1.93 bits per heavy atom. The van der Waals surface area contributed by atoms with Gasteiger partial charge in [-0.15, -0.1) is 12.4 Å². The van der Waals surface area contributed by atoms with Crippen LogP contribution in [0.15, 0.2) is 36.4 Å². The summed E-state index contributed by atoms with van der Waals surface area (Å²) in [6.07, 6.45) is 0.420. The van der Waals surface area contributed by atoms with Crippen molar-refractivity contribution in [2.75, 3.05) is 42.8 Å². The van der Waals surface area contributed by atoms with Crippen LogP contribution in [0, 0.1) is 5.92 Å². The minimum Gasteiger partial charge on any atom is -0.497 e. The summed E-state index contributed by atoms with van der Waals surface area (Å²) in [7, 11) is 1.53. The van der Waals surface area contributed by atoms with Gasteiger partial charge in [0.2, 0.25) is 11.8 Å². The van der Waals surface area contributed by atoms with Crippen molar-refractivity contribution in [3.63, 3.8) is 0 Å². The van der Waals surface area contributed by atoms with Crippen LogP contribution >= 0.6 is 12.4 Å². The van der Waals surface area contributed by atoms with Crippen molar-refractivity contribution in [2.24, 2.45) is 5.92 Å². The number of halogens is 1. The van der Waals surface area contributed by atoms with Crippen LogP contribution in [0.1, 0.15) is 6.42 Å². The molecule has 9 heteroatoms. The van der Waals surface area contributed by atoms with Crippen molar-refractivity contribution < 1.29 is 23.8 Å². The van der Waals surface area contributed by atoms with E-state index < -0.39 is 5.92 Å². The summed E-state index contributed by atoms with van der Waals surface area (Å²) in [5.74, 6) is 0.414. The number of nitrogens with two attached hydrogens (primary N) is 1. The molecule has 2 aromatic carbocycles. The van der Waals surface area contributed by atoms with Crippen LogP contribution in [0.5, 0.6) is 17.2 Å². The smallest absolute Gasteiger partial charge is 0.239 e. The van der Waals surface area contributed by atoms with Crippen molar-refractivity contribution in [3.8, 4) is 17.2 Å². The second-order valence-electron chi connectivity index (χ2n) is 6.60. The van der Waals surface area contributed by atoms with Gasteiger partial charge in [0.15, 0.2) is 11.5 Å². The van der Waals surface area contributed by atoms with Crippen molar-refractivity contribution in [3.05, 3.63) is 36.4 Å². The molecule has 2 aromatic rings. The van der Waals surface area contributed by atoms with Crippen LogP contribution in [0.25, 0.3) is 0 Å². The number of carbonyl (C=O) groups is 2. The minimum absolute atomic E-state index is 0. The highest BCUT2D eigenvalue weighted by atomic mass is 35.5. The number of amides is 2. The van der Waals surface area contributed by atoms with Gasteiger partial charge in [-0.2, -0.15) is 0 Å². The van der Waals surface area contributed by atoms with Crippen molar-refractivity contribution in [1.29, 1.82) is 0 Å². The molecule has 0 aromatic heterocycles. The molecule has 2 heterocycles. The van der Waals surface area contributed by atoms with E-state index in [1.54, 1.807) is 41.3 Å². The Hall–Kier alpha value is -3.13. The first-order valence-electron chi connectivity index (χ1n) is 9.02. The average Bonchev–Trinajstić information content (AvgIpc) is 3.10. The number of nitrogens with one attached hydrogen (secondary N) is 1. The van der Waals surface area contributed by atoms with Crippen LogP contribution in [-0.4, -0.2) is 38.7 Å². The van der Waals surface area contributed by atoms with Gasteiger partial charge in [-0.25, -0.2) is 0 Å². The first kappa shape index (κ1) is 20.6. The Morgan fingerprint density at radius 1 is 1.17 bits per heavy atom. The normalized spacial score (nSPS) is 17.5. The number of nitrogen functional groups attached to an aromatic ring is 1. The lowest BCUT2D eigenvalue weighted by Crippen LogP contribution is -2.33. The van der Waals surface area contributed by atoms with Crippen molar-refractivity contribution in [2.45, 2.75) is 6.42 Å². The summed E-state index contributed by atoms with van der Waals surface area (Å²) in [6.45, 7) is 1.42. The molecule has 1 unspecified atom stereocenters. The predicted octanol–water partition coefficient (Wildman–Crippen LogP) is 2.46. The van der Waals surface area contributed by atoms with E-state index in [0.717, 1.165) is 0 Å². The molecule has 0 spiro atoms. The molecule has 1 atom stereocenters. The third kappa shape index (κ3) is 4.02. The minimum atomic E-state index is -0.779. The SMILES string of the molecule is COc1ccc(N)c(NC(=O)C2CCN(c3ccc4c(c3)OCCO4)C2=O)c1.Cl. The predicted molar refractivity (Wildman–Crippen MR) is 111 cm³/mol. The molecule has 0 radical (unpaired) electrons. The molecule has 154 valence electrons. The fourth-order valence-electron chi connectivity index (χ4n) is 3.37. The molecule has 8 nitrogen and oxygen atoms in total. The molecule has 1 fully saturated rings. The van der Waals surface area contributed by atoms with Gasteiger partial charge in [0.05, 0.1) is 18.5 Å². The number of hydrogen-bond acceptors (Lipinski definition) is 6. The molecular weight excluding hydrogens is 398 g/mol. The second-order valence-corrected chi connectivity index (χ2v) is 6.60. The number of carbonyl (C=O) groups excluding carboxylic acids is 2. The molecular formula is C20H22ClN3O5. The van der Waals surface area contributed by atoms with Crippen LogP contribution in [0.3, 0.4) is 0 Å². The summed E-state index contributed by atoms with van der Waals surface area (Å²) in [5.41, 5.74) is 7.43. The van der Waals surface area contributed by atoms with Crippen molar-refractivity contribution in [1.82, 2.24) is 0 Å². The highest BCUT2D eigenvalue weighted by Crippen LogP contribution is 2.36. The molecule has 29 heavy (non-hydrogen) atoms. The van der Waals surface area contributed by atoms with Gasteiger partial charge >= 0.3 is 0 Å². The molecule has 3 N–H and O–H groups in total. The topological polar surface area (TPSA) is 103 Å². The van der Waals surface area contributed by atoms with E-state index in [1.807, 2.05) is 0 Å². The van der Waals surface area contributed by atoms with Gasteiger partial charge in [-0.3, -0.25) is 9.59 Å². The number of fused-ring (bicyclic) bond motifs is 1. The number of nitrogens with zero attached hydrogens (tertiary/aromatic N) is 1. The molecule has 2 aliphatic rings. The molecule has 1 saturated heterocycles. The first-order valence-corrected chi connectivity index (χ1v) is 9.02.